The van der Waals surface area contributed by atoms with Gasteiger partial charge in [-0.25, -0.2) is 5.43 Å². The predicted molar refractivity (Wildman–Crippen MR) is 117 cm³/mol. The summed E-state index contributed by atoms with van der Waals surface area (Å²) in [5, 5.41) is 6.78. The number of para-hydroxylation sites is 1. The van der Waals surface area contributed by atoms with Crippen LogP contribution in [0.2, 0.25) is 0 Å². The minimum absolute atomic E-state index is 0.294. The number of hydrogen-bond donors (Lipinski definition) is 2. The van der Waals surface area contributed by atoms with E-state index in [0.717, 1.165) is 40.1 Å². The van der Waals surface area contributed by atoms with Crippen molar-refractivity contribution in [3.63, 3.8) is 0 Å². The van der Waals surface area contributed by atoms with Gasteiger partial charge in [0.2, 0.25) is 11.8 Å². The molecule has 6 nitrogen and oxygen atoms in total. The second-order valence-corrected chi connectivity index (χ2v) is 7.13. The summed E-state index contributed by atoms with van der Waals surface area (Å²) in [4.78, 5) is 24.2. The maximum atomic E-state index is 12.1. The molecule has 0 aromatic heterocycles. The summed E-state index contributed by atoms with van der Waals surface area (Å²) < 4.78 is 5.44. The molecule has 0 fully saturated rings. The molecule has 0 aliphatic heterocycles. The summed E-state index contributed by atoms with van der Waals surface area (Å²) in [6.45, 7) is 8.14. The van der Waals surface area contributed by atoms with E-state index in [1.807, 2.05) is 50.2 Å². The van der Waals surface area contributed by atoms with E-state index in [-0.39, 0.29) is 12.3 Å². The van der Waals surface area contributed by atoms with Crippen molar-refractivity contribution in [2.24, 2.45) is 5.10 Å². The molecular formula is C23H29N3O3. The zero-order valence-electron chi connectivity index (χ0n) is 17.7. The molecular weight excluding hydrogens is 366 g/mol. The van der Waals surface area contributed by atoms with E-state index in [1.165, 1.54) is 0 Å². The first-order valence-electron chi connectivity index (χ1n) is 9.73. The molecule has 6 heteroatoms. The molecule has 2 rings (SSSR count). The van der Waals surface area contributed by atoms with E-state index in [4.69, 9.17) is 4.74 Å². The second-order valence-electron chi connectivity index (χ2n) is 7.13. The molecule has 0 atom stereocenters. The number of benzene rings is 2. The number of aryl methyl sites for hydroxylation is 2. The predicted octanol–water partition coefficient (Wildman–Crippen LogP) is 4.17. The van der Waals surface area contributed by atoms with Gasteiger partial charge in [-0.05, 0) is 59.7 Å². The summed E-state index contributed by atoms with van der Waals surface area (Å²) in [5.74, 6) is 0.286. The van der Waals surface area contributed by atoms with Crippen LogP contribution in [-0.4, -0.2) is 25.1 Å². The molecule has 2 N–H and O–H groups in total. The number of nitrogens with one attached hydrogen (secondary N) is 2. The van der Waals surface area contributed by atoms with Crippen molar-refractivity contribution < 1.29 is 14.3 Å². The molecule has 0 saturated carbocycles. The van der Waals surface area contributed by atoms with Gasteiger partial charge in [-0.15, -0.1) is 0 Å². The van der Waals surface area contributed by atoms with Crippen LogP contribution in [0.1, 0.15) is 55.4 Å². The minimum atomic E-state index is -0.469. The van der Waals surface area contributed by atoms with Gasteiger partial charge in [0.15, 0.2) is 0 Å². The summed E-state index contributed by atoms with van der Waals surface area (Å²) in [5.41, 5.74) is 7.11. The van der Waals surface area contributed by atoms with E-state index in [0.29, 0.717) is 5.92 Å². The highest BCUT2D eigenvalue weighted by molar-refractivity contribution is 6.04. The molecule has 0 radical (unpaired) electrons. The first kappa shape index (κ1) is 22.1. The van der Waals surface area contributed by atoms with Crippen molar-refractivity contribution in [1.29, 1.82) is 0 Å². The zero-order valence-corrected chi connectivity index (χ0v) is 17.7. The van der Waals surface area contributed by atoms with Crippen molar-refractivity contribution in [1.82, 2.24) is 5.43 Å². The Kier molecular flexibility index (Phi) is 7.95. The van der Waals surface area contributed by atoms with Gasteiger partial charge in [-0.1, -0.05) is 39.0 Å². The van der Waals surface area contributed by atoms with Crippen molar-refractivity contribution in [2.75, 3.05) is 12.4 Å². The van der Waals surface area contributed by atoms with Crippen molar-refractivity contribution in [3.05, 3.63) is 58.7 Å². The van der Waals surface area contributed by atoms with Gasteiger partial charge in [0.1, 0.15) is 12.2 Å². The lowest BCUT2D eigenvalue weighted by molar-refractivity contribution is -0.126. The van der Waals surface area contributed by atoms with Crippen LogP contribution >= 0.6 is 0 Å². The molecule has 0 aliphatic carbocycles. The number of hydrazone groups is 1. The number of carbonyl (C=O) groups excluding carboxylic acids is 2. The molecule has 0 saturated heterocycles. The lowest BCUT2D eigenvalue weighted by atomic mass is 9.97. The summed E-state index contributed by atoms with van der Waals surface area (Å²) in [6, 6.07) is 11.5. The average Bonchev–Trinajstić information content (AvgIpc) is 2.68. The van der Waals surface area contributed by atoms with Gasteiger partial charge in [0, 0.05) is 5.69 Å². The molecule has 2 amide bonds. The number of methoxy groups -OCH3 is 1. The first-order valence-corrected chi connectivity index (χ1v) is 9.73. The Balaban J connectivity index is 1.97. The van der Waals surface area contributed by atoms with Crippen LogP contribution in [-0.2, 0) is 16.0 Å². The number of ether oxygens (including phenoxy) is 1. The molecule has 0 spiro atoms. The molecule has 0 heterocycles. The number of anilines is 1. The summed E-state index contributed by atoms with van der Waals surface area (Å²) in [7, 11) is 1.65. The monoisotopic (exact) mass is 395 g/mol. The van der Waals surface area contributed by atoms with Crippen LogP contribution in [0.3, 0.4) is 0 Å². The Hall–Kier alpha value is -3.15. The molecule has 0 aliphatic rings. The lowest BCUT2D eigenvalue weighted by Crippen LogP contribution is -2.25. The van der Waals surface area contributed by atoms with Crippen LogP contribution in [0.15, 0.2) is 41.5 Å². The highest BCUT2D eigenvalue weighted by Gasteiger charge is 2.12. The fraction of sp³-hybridized carbons (Fsp3) is 0.348. The Labute approximate surface area is 172 Å². The van der Waals surface area contributed by atoms with E-state index in [2.05, 4.69) is 29.7 Å². The summed E-state index contributed by atoms with van der Waals surface area (Å²) >= 11 is 0. The van der Waals surface area contributed by atoms with E-state index >= 15 is 0 Å². The topological polar surface area (TPSA) is 79.8 Å². The van der Waals surface area contributed by atoms with Gasteiger partial charge in [0.05, 0.1) is 13.3 Å². The van der Waals surface area contributed by atoms with Crippen molar-refractivity contribution in [2.45, 2.75) is 46.5 Å². The highest BCUT2D eigenvalue weighted by atomic mass is 16.5. The Morgan fingerprint density at radius 2 is 1.90 bits per heavy atom. The van der Waals surface area contributed by atoms with Gasteiger partial charge >= 0.3 is 0 Å². The third kappa shape index (κ3) is 6.17. The first-order chi connectivity index (χ1) is 13.8. The molecule has 0 unspecified atom stereocenters. The maximum absolute atomic E-state index is 12.1. The Morgan fingerprint density at radius 3 is 2.55 bits per heavy atom. The van der Waals surface area contributed by atoms with Crippen LogP contribution in [0.4, 0.5) is 5.69 Å². The Morgan fingerprint density at radius 1 is 1.17 bits per heavy atom. The normalized spacial score (nSPS) is 11.0. The quantitative estimate of drug-likeness (QED) is 0.400. The van der Waals surface area contributed by atoms with Crippen molar-refractivity contribution in [3.8, 4) is 5.75 Å². The highest BCUT2D eigenvalue weighted by Crippen LogP contribution is 2.29. The second kappa shape index (κ2) is 10.4. The lowest BCUT2D eigenvalue weighted by Gasteiger charge is -2.14. The Bertz CT molecular complexity index is 904. The molecule has 2 aromatic carbocycles. The third-order valence-electron chi connectivity index (χ3n) is 4.63. The number of hydrogen-bond acceptors (Lipinski definition) is 4. The zero-order chi connectivity index (χ0) is 21.4. The van der Waals surface area contributed by atoms with Gasteiger partial charge in [0.25, 0.3) is 0 Å². The standard InChI is InChI=1S/C23H29N3O3/c1-6-17-9-7-8-10-20(17)25-22(27)13-23(28)26-24-14-18-12-19(15(2)3)21(29-5)11-16(18)4/h7-12,14-15H,6,13H2,1-5H3,(H,25,27)(H,26,28). The average molecular weight is 396 g/mol. The minimum Gasteiger partial charge on any atom is -0.496 e. The largest absolute Gasteiger partial charge is 0.496 e. The van der Waals surface area contributed by atoms with Crippen LogP contribution in [0.5, 0.6) is 5.75 Å². The van der Waals surface area contributed by atoms with E-state index in [9.17, 15) is 9.59 Å². The molecule has 2 aromatic rings. The molecule has 154 valence electrons. The third-order valence-corrected chi connectivity index (χ3v) is 4.63. The number of rotatable bonds is 8. The number of amides is 2. The maximum Gasteiger partial charge on any atom is 0.249 e. The fourth-order valence-electron chi connectivity index (χ4n) is 2.99. The molecule has 29 heavy (non-hydrogen) atoms. The van der Waals surface area contributed by atoms with Gasteiger partial charge in [-0.3, -0.25) is 9.59 Å². The summed E-state index contributed by atoms with van der Waals surface area (Å²) in [6.07, 6.45) is 2.09. The van der Waals surface area contributed by atoms with Crippen LogP contribution in [0.25, 0.3) is 0 Å². The number of nitrogens with zero attached hydrogens (tertiary/aromatic N) is 1. The van der Waals surface area contributed by atoms with Gasteiger partial charge < -0.3 is 10.1 Å². The van der Waals surface area contributed by atoms with Crippen LogP contribution < -0.4 is 15.5 Å². The SMILES string of the molecule is CCc1ccccc1NC(=O)CC(=O)NN=Cc1cc(C(C)C)c(OC)cc1C. The van der Waals surface area contributed by atoms with Crippen molar-refractivity contribution >= 4 is 23.7 Å². The smallest absolute Gasteiger partial charge is 0.249 e. The fourth-order valence-corrected chi connectivity index (χ4v) is 2.99. The van der Waals surface area contributed by atoms with E-state index in [1.54, 1.807) is 13.3 Å². The van der Waals surface area contributed by atoms with Gasteiger partial charge in [-0.2, -0.15) is 5.10 Å². The molecule has 0 bridgehead atoms. The van der Waals surface area contributed by atoms with Crippen LogP contribution in [0, 0.1) is 6.92 Å². The number of carbonyl (C=O) groups is 2. The van der Waals surface area contributed by atoms with E-state index < -0.39 is 5.91 Å².